The molecule has 324 valence electrons. The van der Waals surface area contributed by atoms with Gasteiger partial charge in [-0.1, -0.05) is 158 Å². The largest absolute Gasteiger partial charge is 0.366 e. The molecule has 0 bridgehead atoms. The van der Waals surface area contributed by atoms with E-state index in [0.29, 0.717) is 0 Å². The highest BCUT2D eigenvalue weighted by molar-refractivity contribution is 5.94. The Morgan fingerprint density at radius 1 is 0.470 bits per heavy atom. The van der Waals surface area contributed by atoms with Crippen LogP contribution >= 0.6 is 0 Å². The Bertz CT molecular complexity index is 3140. The van der Waals surface area contributed by atoms with Gasteiger partial charge in [-0.25, -0.2) is 4.98 Å². The highest BCUT2D eigenvalue weighted by atomic mass is 15.3. The number of aromatic nitrogens is 3. The molecule has 9 aromatic rings. The second kappa shape index (κ2) is 18.8. The van der Waals surface area contributed by atoms with Gasteiger partial charge in [-0.3, -0.25) is 4.98 Å². The molecule has 1 atom stereocenters. The van der Waals surface area contributed by atoms with E-state index in [2.05, 4.69) is 217 Å². The standard InChI is InChI=1S/C61H55N5/c1-42-36-59(64-41-43(42)2)53-30-31-57(58(40-53)50-28-26-49(27-29-50)48-10-6-5-7-11-48)56-13-9-8-12-55(56)54-38-46(16-14-44-18-22-51(23-19-44)60-62-32-34-65(60)3)37-47(39-54)17-15-45-20-24-52(25-21-45)61-63-33-35-66(61)4/h5-13,18-41,60,62H,14-17H2,1-4H3. The molecular formula is C61H55N5. The molecule has 0 saturated heterocycles. The highest BCUT2D eigenvalue weighted by Crippen LogP contribution is 2.41. The number of hydrogen-bond donors (Lipinski definition) is 1. The van der Waals surface area contributed by atoms with Crippen molar-refractivity contribution in [1.29, 1.82) is 0 Å². The number of nitrogens with one attached hydrogen (secondary N) is 1. The van der Waals surface area contributed by atoms with Crippen molar-refractivity contribution in [3.63, 3.8) is 0 Å². The van der Waals surface area contributed by atoms with Crippen molar-refractivity contribution < 1.29 is 0 Å². The molecule has 10 rings (SSSR count). The summed E-state index contributed by atoms with van der Waals surface area (Å²) in [6.07, 6.45) is 13.9. The topological polar surface area (TPSA) is 46.0 Å². The molecular weight excluding hydrogens is 803 g/mol. The Labute approximate surface area is 389 Å². The lowest BCUT2D eigenvalue weighted by atomic mass is 9.86. The van der Waals surface area contributed by atoms with Gasteiger partial charge in [-0.2, -0.15) is 0 Å². The van der Waals surface area contributed by atoms with Crippen LogP contribution in [-0.2, 0) is 32.7 Å². The van der Waals surface area contributed by atoms with Crippen molar-refractivity contribution in [2.24, 2.45) is 7.05 Å². The quantitative estimate of drug-likeness (QED) is 0.125. The third-order valence-electron chi connectivity index (χ3n) is 13.3. The molecule has 0 spiro atoms. The molecule has 1 aliphatic rings. The van der Waals surface area contributed by atoms with Gasteiger partial charge in [-0.15, -0.1) is 0 Å². The van der Waals surface area contributed by atoms with Crippen LogP contribution in [0.4, 0.5) is 0 Å². The normalized spacial score (nSPS) is 13.3. The molecule has 1 N–H and O–H groups in total. The highest BCUT2D eigenvalue weighted by Gasteiger charge is 2.18. The lowest BCUT2D eigenvalue weighted by Crippen LogP contribution is -2.23. The van der Waals surface area contributed by atoms with E-state index in [1.54, 1.807) is 0 Å². The SMILES string of the molecule is Cc1cnc(-c2ccc(-c3ccccc3-c3cc(CCc4ccc(-c5nccn5C)cc4)cc(CCc4ccc(C5NC=CN5C)cc4)c3)c(-c3ccc(-c4ccccc4)cc3)c2)cc1C. The summed E-state index contributed by atoms with van der Waals surface area (Å²) in [6, 6.07) is 63.1. The van der Waals surface area contributed by atoms with Crippen LogP contribution in [0, 0.1) is 13.8 Å². The van der Waals surface area contributed by atoms with E-state index >= 15 is 0 Å². The number of nitrogens with zero attached hydrogens (tertiary/aromatic N) is 4. The van der Waals surface area contributed by atoms with Crippen molar-refractivity contribution in [2.75, 3.05) is 7.05 Å². The maximum absolute atomic E-state index is 4.90. The fraction of sp³-hybridized carbons (Fsp3) is 0.148. The molecule has 3 heterocycles. The Morgan fingerprint density at radius 2 is 1.06 bits per heavy atom. The minimum absolute atomic E-state index is 0.179. The van der Waals surface area contributed by atoms with Gasteiger partial charge in [0.1, 0.15) is 12.0 Å². The van der Waals surface area contributed by atoms with E-state index < -0.39 is 0 Å². The van der Waals surface area contributed by atoms with Gasteiger partial charge < -0.3 is 14.8 Å². The average molecular weight is 858 g/mol. The average Bonchev–Trinajstić information content (AvgIpc) is 4.01. The predicted octanol–water partition coefficient (Wildman–Crippen LogP) is 14.0. The summed E-state index contributed by atoms with van der Waals surface area (Å²) in [6.45, 7) is 4.29. The van der Waals surface area contributed by atoms with E-state index in [0.717, 1.165) is 48.3 Å². The van der Waals surface area contributed by atoms with Gasteiger partial charge in [0.15, 0.2) is 0 Å². The zero-order valence-electron chi connectivity index (χ0n) is 38.2. The summed E-state index contributed by atoms with van der Waals surface area (Å²) >= 11 is 0. The van der Waals surface area contributed by atoms with E-state index in [4.69, 9.17) is 4.98 Å². The van der Waals surface area contributed by atoms with Gasteiger partial charge in [-0.05, 0) is 135 Å². The third kappa shape index (κ3) is 9.11. The lowest BCUT2D eigenvalue weighted by Gasteiger charge is -2.21. The molecule has 5 heteroatoms. The Kier molecular flexibility index (Phi) is 12.0. The molecule has 66 heavy (non-hydrogen) atoms. The number of aryl methyl sites for hydroxylation is 7. The molecule has 0 radical (unpaired) electrons. The summed E-state index contributed by atoms with van der Waals surface area (Å²) in [5.74, 6) is 0.982. The van der Waals surface area contributed by atoms with Gasteiger partial charge in [0, 0.05) is 56.2 Å². The maximum atomic E-state index is 4.90. The van der Waals surface area contributed by atoms with Crippen molar-refractivity contribution in [2.45, 2.75) is 45.7 Å². The number of benzene rings is 7. The first kappa shape index (κ1) is 42.2. The Hall–Kier alpha value is -7.76. The maximum Gasteiger partial charge on any atom is 0.139 e. The molecule has 0 amide bonds. The lowest BCUT2D eigenvalue weighted by molar-refractivity contribution is 0.340. The fourth-order valence-corrected chi connectivity index (χ4v) is 9.30. The summed E-state index contributed by atoms with van der Waals surface area (Å²) in [7, 11) is 4.15. The van der Waals surface area contributed by atoms with E-state index in [9.17, 15) is 0 Å². The first-order valence-corrected chi connectivity index (χ1v) is 23.1. The smallest absolute Gasteiger partial charge is 0.139 e. The van der Waals surface area contributed by atoms with Crippen LogP contribution in [0.1, 0.15) is 45.1 Å². The van der Waals surface area contributed by atoms with Gasteiger partial charge >= 0.3 is 0 Å². The molecule has 2 aromatic heterocycles. The summed E-state index contributed by atoms with van der Waals surface area (Å²) in [5, 5.41) is 3.45. The molecule has 5 nitrogen and oxygen atoms in total. The zero-order valence-corrected chi connectivity index (χ0v) is 38.2. The van der Waals surface area contributed by atoms with Crippen LogP contribution in [0.15, 0.2) is 201 Å². The second-order valence-corrected chi connectivity index (χ2v) is 17.8. The third-order valence-corrected chi connectivity index (χ3v) is 13.3. The van der Waals surface area contributed by atoms with Crippen LogP contribution in [0.2, 0.25) is 0 Å². The minimum Gasteiger partial charge on any atom is -0.366 e. The van der Waals surface area contributed by atoms with Crippen LogP contribution in [0.5, 0.6) is 0 Å². The zero-order chi connectivity index (χ0) is 45.0. The van der Waals surface area contributed by atoms with Crippen molar-refractivity contribution in [1.82, 2.24) is 24.8 Å². The van der Waals surface area contributed by atoms with E-state index in [-0.39, 0.29) is 6.17 Å². The monoisotopic (exact) mass is 857 g/mol. The first-order chi connectivity index (χ1) is 32.3. The molecule has 7 aromatic carbocycles. The minimum atomic E-state index is 0.179. The first-order valence-electron chi connectivity index (χ1n) is 23.1. The van der Waals surface area contributed by atoms with Crippen molar-refractivity contribution >= 4 is 0 Å². The summed E-state index contributed by atoms with van der Waals surface area (Å²) in [5.41, 5.74) is 21.9. The predicted molar refractivity (Wildman–Crippen MR) is 274 cm³/mol. The number of hydrogen-bond acceptors (Lipinski definition) is 4. The van der Waals surface area contributed by atoms with Crippen LogP contribution in [0.3, 0.4) is 0 Å². The second-order valence-electron chi connectivity index (χ2n) is 17.8. The number of pyridine rings is 1. The van der Waals surface area contributed by atoms with Crippen molar-refractivity contribution in [3.05, 3.63) is 240 Å². The van der Waals surface area contributed by atoms with Gasteiger partial charge in [0.2, 0.25) is 0 Å². The fourth-order valence-electron chi connectivity index (χ4n) is 9.30. The Balaban J connectivity index is 1.02. The molecule has 0 saturated carbocycles. The molecule has 1 aliphatic heterocycles. The Morgan fingerprint density at radius 3 is 1.71 bits per heavy atom. The molecule has 1 unspecified atom stereocenters. The van der Waals surface area contributed by atoms with Gasteiger partial charge in [0.25, 0.3) is 0 Å². The number of rotatable bonds is 13. The van der Waals surface area contributed by atoms with Gasteiger partial charge in [0.05, 0.1) is 5.69 Å². The summed E-state index contributed by atoms with van der Waals surface area (Å²) < 4.78 is 2.07. The number of imidazole rings is 1. The van der Waals surface area contributed by atoms with Crippen LogP contribution < -0.4 is 5.32 Å². The van der Waals surface area contributed by atoms with Crippen molar-refractivity contribution in [3.8, 4) is 67.2 Å². The summed E-state index contributed by atoms with van der Waals surface area (Å²) in [4.78, 5) is 11.7. The van der Waals surface area contributed by atoms with Crippen LogP contribution in [0.25, 0.3) is 67.2 Å². The molecule has 0 fully saturated rings. The van der Waals surface area contributed by atoms with Crippen LogP contribution in [-0.4, -0.2) is 26.5 Å². The van der Waals surface area contributed by atoms with E-state index in [1.165, 1.54) is 83.5 Å². The molecule has 0 aliphatic carbocycles. The van der Waals surface area contributed by atoms with E-state index in [1.807, 2.05) is 31.8 Å².